The third-order valence-electron chi connectivity index (χ3n) is 1.66. The van der Waals surface area contributed by atoms with Gasteiger partial charge in [-0.05, 0) is 18.3 Å². The molecule has 0 saturated heterocycles. The lowest BCUT2D eigenvalue weighted by Crippen LogP contribution is -2.34. The molecule has 0 aromatic heterocycles. The van der Waals surface area contributed by atoms with Crippen LogP contribution in [0.3, 0.4) is 0 Å². The maximum Gasteiger partial charge on any atom is 0.276 e. The number of hydrogen-bond donors (Lipinski definition) is 2. The van der Waals surface area contributed by atoms with Crippen LogP contribution >= 0.6 is 0 Å². The Morgan fingerprint density at radius 2 is 1.77 bits per heavy atom. The number of hydrogen-bond acceptors (Lipinski definition) is 2. The molecule has 0 atom stereocenters. The van der Waals surface area contributed by atoms with E-state index in [1.807, 2.05) is 0 Å². The van der Waals surface area contributed by atoms with Crippen molar-refractivity contribution in [2.45, 2.75) is 33.6 Å². The van der Waals surface area contributed by atoms with Gasteiger partial charge in [0.2, 0.25) is 0 Å². The molecule has 0 rings (SSSR count). The molecule has 5 heteroatoms. The van der Waals surface area contributed by atoms with Gasteiger partial charge in [0, 0.05) is 13.6 Å². The fourth-order valence-electron chi connectivity index (χ4n) is 0.897. The highest BCUT2D eigenvalue weighted by atomic mass is 32.2. The first kappa shape index (κ1) is 12.9. The molecule has 0 unspecified atom stereocenters. The lowest BCUT2D eigenvalue weighted by Gasteiger charge is -2.17. The highest BCUT2D eigenvalue weighted by molar-refractivity contribution is 7.87. The Labute approximate surface area is 81.3 Å². The minimum absolute atomic E-state index is 0.269. The van der Waals surface area contributed by atoms with Crippen molar-refractivity contribution in [3.05, 3.63) is 0 Å². The first-order valence-corrected chi connectivity index (χ1v) is 5.93. The molecule has 80 valence electrons. The summed E-state index contributed by atoms with van der Waals surface area (Å²) in [5.74, 6) is 0. The Morgan fingerprint density at radius 3 is 2.15 bits per heavy atom. The molecule has 0 saturated carbocycles. The molecule has 13 heavy (non-hydrogen) atoms. The normalized spacial score (nSPS) is 13.2. The minimum atomic E-state index is -3.24. The Kier molecular flexibility index (Phi) is 4.88. The van der Waals surface area contributed by atoms with Gasteiger partial charge >= 0.3 is 0 Å². The summed E-state index contributed by atoms with van der Waals surface area (Å²) in [6.07, 6.45) is 1.88. The molecule has 0 radical (unpaired) electrons. The van der Waals surface area contributed by atoms with Crippen molar-refractivity contribution < 1.29 is 8.42 Å². The van der Waals surface area contributed by atoms with E-state index in [1.54, 1.807) is 0 Å². The topological polar surface area (TPSA) is 58.2 Å². The van der Waals surface area contributed by atoms with Gasteiger partial charge in [0.05, 0.1) is 0 Å². The summed E-state index contributed by atoms with van der Waals surface area (Å²) in [6.45, 7) is 6.92. The van der Waals surface area contributed by atoms with Crippen molar-refractivity contribution in [2.75, 3.05) is 13.6 Å². The van der Waals surface area contributed by atoms with E-state index in [1.165, 1.54) is 7.05 Å². The Balaban J connectivity index is 3.59. The van der Waals surface area contributed by atoms with Crippen LogP contribution in [0.1, 0.15) is 33.6 Å². The molecule has 0 aromatic rings. The van der Waals surface area contributed by atoms with Gasteiger partial charge in [0.25, 0.3) is 10.2 Å². The van der Waals surface area contributed by atoms with E-state index in [9.17, 15) is 8.42 Å². The quantitative estimate of drug-likeness (QED) is 0.659. The van der Waals surface area contributed by atoms with Crippen LogP contribution in [-0.4, -0.2) is 22.0 Å². The average Bonchev–Trinajstić information content (AvgIpc) is 1.97. The SMILES string of the molecule is CNS(=O)(=O)NCCCC(C)(C)C. The van der Waals surface area contributed by atoms with Crippen LogP contribution in [0.4, 0.5) is 0 Å². The van der Waals surface area contributed by atoms with Crippen LogP contribution in [0.15, 0.2) is 0 Å². The predicted octanol–water partition coefficient (Wildman–Crippen LogP) is 0.866. The van der Waals surface area contributed by atoms with Crippen molar-refractivity contribution >= 4 is 10.2 Å². The number of rotatable bonds is 5. The summed E-state index contributed by atoms with van der Waals surface area (Å²) < 4.78 is 26.4. The molecule has 0 spiro atoms. The van der Waals surface area contributed by atoms with Crippen molar-refractivity contribution in [2.24, 2.45) is 5.41 Å². The van der Waals surface area contributed by atoms with E-state index in [-0.39, 0.29) is 5.41 Å². The van der Waals surface area contributed by atoms with Gasteiger partial charge in [-0.2, -0.15) is 8.42 Å². The van der Waals surface area contributed by atoms with Gasteiger partial charge < -0.3 is 0 Å². The second kappa shape index (κ2) is 4.93. The Bertz CT molecular complexity index is 229. The minimum Gasteiger partial charge on any atom is -0.205 e. The third kappa shape index (κ3) is 8.21. The first-order chi connectivity index (χ1) is 5.77. The molecule has 0 fully saturated rings. The Morgan fingerprint density at radius 1 is 1.23 bits per heavy atom. The van der Waals surface area contributed by atoms with Crippen molar-refractivity contribution in [1.29, 1.82) is 0 Å². The predicted molar refractivity (Wildman–Crippen MR) is 54.7 cm³/mol. The fourth-order valence-corrected chi connectivity index (χ4v) is 1.45. The molecule has 4 nitrogen and oxygen atoms in total. The van der Waals surface area contributed by atoms with E-state index in [2.05, 4.69) is 30.2 Å². The summed E-state index contributed by atoms with van der Waals surface area (Å²) in [7, 11) is -1.84. The zero-order chi connectivity index (χ0) is 10.5. The van der Waals surface area contributed by atoms with Gasteiger partial charge in [-0.15, -0.1) is 0 Å². The second-order valence-corrected chi connectivity index (χ2v) is 5.97. The Hall–Kier alpha value is -0.130. The van der Waals surface area contributed by atoms with Crippen LogP contribution < -0.4 is 9.44 Å². The number of nitrogens with one attached hydrogen (secondary N) is 2. The van der Waals surface area contributed by atoms with E-state index < -0.39 is 10.2 Å². The van der Waals surface area contributed by atoms with Gasteiger partial charge in [-0.1, -0.05) is 20.8 Å². The molecule has 0 heterocycles. The molecule has 0 bridgehead atoms. The lowest BCUT2D eigenvalue weighted by molar-refractivity contribution is 0.365. The van der Waals surface area contributed by atoms with Crippen LogP contribution in [0.2, 0.25) is 0 Å². The zero-order valence-electron chi connectivity index (χ0n) is 8.85. The molecular weight excluding hydrogens is 188 g/mol. The summed E-state index contributed by atoms with van der Waals surface area (Å²) >= 11 is 0. The van der Waals surface area contributed by atoms with E-state index in [0.717, 1.165) is 12.8 Å². The average molecular weight is 208 g/mol. The molecule has 0 aliphatic carbocycles. The zero-order valence-corrected chi connectivity index (χ0v) is 9.66. The molecule has 0 aliphatic heterocycles. The summed E-state index contributed by atoms with van der Waals surface area (Å²) in [4.78, 5) is 0. The monoisotopic (exact) mass is 208 g/mol. The van der Waals surface area contributed by atoms with Crippen molar-refractivity contribution in [1.82, 2.24) is 9.44 Å². The van der Waals surface area contributed by atoms with Crippen LogP contribution in [0.25, 0.3) is 0 Å². The first-order valence-electron chi connectivity index (χ1n) is 4.45. The molecule has 2 N–H and O–H groups in total. The van der Waals surface area contributed by atoms with Crippen LogP contribution in [0, 0.1) is 5.41 Å². The second-order valence-electron chi connectivity index (χ2n) is 4.27. The van der Waals surface area contributed by atoms with Gasteiger partial charge in [0.15, 0.2) is 0 Å². The fraction of sp³-hybridized carbons (Fsp3) is 1.00. The van der Waals surface area contributed by atoms with E-state index >= 15 is 0 Å². The maximum absolute atomic E-state index is 10.9. The van der Waals surface area contributed by atoms with Crippen molar-refractivity contribution in [3.8, 4) is 0 Å². The van der Waals surface area contributed by atoms with Crippen LogP contribution in [0.5, 0.6) is 0 Å². The molecule has 0 amide bonds. The van der Waals surface area contributed by atoms with E-state index in [4.69, 9.17) is 0 Å². The van der Waals surface area contributed by atoms with E-state index in [0.29, 0.717) is 6.54 Å². The van der Waals surface area contributed by atoms with Gasteiger partial charge in [0.1, 0.15) is 0 Å². The maximum atomic E-state index is 10.9. The van der Waals surface area contributed by atoms with Gasteiger partial charge in [-0.3, -0.25) is 0 Å². The van der Waals surface area contributed by atoms with Crippen molar-refractivity contribution in [3.63, 3.8) is 0 Å². The smallest absolute Gasteiger partial charge is 0.205 e. The highest BCUT2D eigenvalue weighted by Crippen LogP contribution is 2.19. The molecular formula is C8H20N2O2S. The standard InChI is InChI=1S/C8H20N2O2S/c1-8(2,3)6-5-7-10-13(11,12)9-4/h9-10H,5-7H2,1-4H3. The summed E-state index contributed by atoms with van der Waals surface area (Å²) in [5.41, 5.74) is 0.269. The molecule has 0 aromatic carbocycles. The molecule has 0 aliphatic rings. The summed E-state index contributed by atoms with van der Waals surface area (Å²) in [6, 6.07) is 0. The largest absolute Gasteiger partial charge is 0.276 e. The van der Waals surface area contributed by atoms with Crippen LogP contribution in [-0.2, 0) is 10.2 Å². The third-order valence-corrected chi connectivity index (χ3v) is 2.79. The highest BCUT2D eigenvalue weighted by Gasteiger charge is 2.10. The lowest BCUT2D eigenvalue weighted by atomic mass is 9.91. The summed E-state index contributed by atoms with van der Waals surface area (Å²) in [5, 5.41) is 0. The van der Waals surface area contributed by atoms with Gasteiger partial charge in [-0.25, -0.2) is 9.44 Å².